The average molecular weight is 735 g/mol. The maximum atomic E-state index is 14.3. The molecule has 5 rings (SSSR count). The van der Waals surface area contributed by atoms with E-state index in [0.717, 1.165) is 69.9 Å². The molecule has 3 aliphatic rings. The number of sulfonamides is 1. The fourth-order valence-electron chi connectivity index (χ4n) is 7.38. The van der Waals surface area contributed by atoms with Crippen molar-refractivity contribution in [1.82, 2.24) is 30.4 Å². The van der Waals surface area contributed by atoms with Gasteiger partial charge in [0.1, 0.15) is 12.1 Å². The number of nitrogens with one attached hydrogen (secondary N) is 3. The Hall–Kier alpha value is -2.91. The van der Waals surface area contributed by atoms with E-state index in [-0.39, 0.29) is 31.3 Å². The number of amides is 2. The zero-order chi connectivity index (χ0) is 35.7. The first-order chi connectivity index (χ1) is 24.0. The molecule has 0 radical (unpaired) electrons. The molecule has 0 unspecified atom stereocenters. The lowest BCUT2D eigenvalue weighted by molar-refractivity contribution is -0.140. The lowest BCUT2D eigenvalue weighted by atomic mass is 9.84. The maximum absolute atomic E-state index is 14.3. The molecule has 3 heterocycles. The summed E-state index contributed by atoms with van der Waals surface area (Å²) in [6, 6.07) is 4.28. The Bertz CT molecular complexity index is 1540. The number of aromatic nitrogens is 2. The fraction of sp³-hybridized carbons (Fsp3) is 0.686. The predicted octanol–water partition coefficient (Wildman–Crippen LogP) is 3.81. The number of aryl methyl sites for hydroxylation is 1. The Balaban J connectivity index is 1.37. The first kappa shape index (κ1) is 38.3. The minimum Gasteiger partial charge on any atom is -0.372 e. The number of hydrogen-bond donors (Lipinski definition) is 3. The van der Waals surface area contributed by atoms with Gasteiger partial charge < -0.3 is 24.8 Å². The molecule has 4 atom stereocenters. The lowest BCUT2D eigenvalue weighted by Crippen LogP contribution is -2.55. The second-order valence-electron chi connectivity index (χ2n) is 14.0. The van der Waals surface area contributed by atoms with Crippen LogP contribution in [0.25, 0.3) is 0 Å². The van der Waals surface area contributed by atoms with Crippen LogP contribution in [0.1, 0.15) is 99.6 Å². The van der Waals surface area contributed by atoms with Crippen molar-refractivity contribution >= 4 is 39.2 Å². The summed E-state index contributed by atoms with van der Waals surface area (Å²) < 4.78 is 38.9. The molecule has 2 amide bonds. The van der Waals surface area contributed by atoms with Crippen molar-refractivity contribution in [2.24, 2.45) is 11.8 Å². The zero-order valence-electron chi connectivity index (χ0n) is 29.1. The summed E-state index contributed by atoms with van der Waals surface area (Å²) in [6.45, 7) is 3.94. The van der Waals surface area contributed by atoms with Crippen molar-refractivity contribution in [2.45, 2.75) is 115 Å². The molecule has 2 aromatic rings. The molecule has 1 aromatic heterocycles. The van der Waals surface area contributed by atoms with Crippen molar-refractivity contribution in [3.05, 3.63) is 46.6 Å². The number of piperidine rings is 1. The molecule has 2 saturated heterocycles. The standard InChI is InChI=1S/C35H51ClN6O7S/c1-3-31-39-33(40-49-31)32(43)29(19-24-7-5-4-6-8-24)38-34(44)30-20-27(48-22-25-9-12-26(36)13-10-25)21-42(30)35(45)28(41-50(2,46)47)14-11-23-15-17-37-18-16-23/h9-10,12-13,23-24,27-30,37,41H,3-8,11,14-22H2,1-2H3,(H,38,44)/t27-,28-,29+,30+/m1/s1. The van der Waals surface area contributed by atoms with Crippen LogP contribution in [0, 0.1) is 11.8 Å². The van der Waals surface area contributed by atoms with Crippen LogP contribution in [-0.4, -0.2) is 91.2 Å². The van der Waals surface area contributed by atoms with E-state index in [1.165, 1.54) is 4.90 Å². The van der Waals surface area contributed by atoms with Gasteiger partial charge in [0.2, 0.25) is 39.3 Å². The van der Waals surface area contributed by atoms with Gasteiger partial charge in [0.25, 0.3) is 0 Å². The summed E-state index contributed by atoms with van der Waals surface area (Å²) in [5.41, 5.74) is 0.878. The van der Waals surface area contributed by atoms with E-state index in [2.05, 4.69) is 25.5 Å². The van der Waals surface area contributed by atoms with Gasteiger partial charge >= 0.3 is 0 Å². The fourth-order valence-corrected chi connectivity index (χ4v) is 8.24. The van der Waals surface area contributed by atoms with Crippen LogP contribution < -0.4 is 15.4 Å². The number of halogens is 1. The van der Waals surface area contributed by atoms with Gasteiger partial charge in [-0.3, -0.25) is 14.4 Å². The normalized spacial score (nSPS) is 21.9. The van der Waals surface area contributed by atoms with E-state index in [9.17, 15) is 22.8 Å². The SMILES string of the molecule is CCc1nc(C(=O)[C@H](CC2CCCCC2)NC(=O)[C@@H]2C[C@@H](OCc3ccc(Cl)cc3)CN2C(=O)[C@@H](CCC2CCNCC2)NS(C)(=O)=O)no1. The number of nitrogens with zero attached hydrogens (tertiary/aromatic N) is 3. The highest BCUT2D eigenvalue weighted by Crippen LogP contribution is 2.30. The molecule has 0 spiro atoms. The number of likely N-dealkylation sites (tertiary alicyclic amines) is 1. The molecule has 3 fully saturated rings. The minimum absolute atomic E-state index is 0.0817. The van der Waals surface area contributed by atoms with E-state index < -0.39 is 51.9 Å². The molecular formula is C35H51ClN6O7S. The van der Waals surface area contributed by atoms with Crippen molar-refractivity contribution in [2.75, 3.05) is 25.9 Å². The second kappa shape index (κ2) is 18.0. The van der Waals surface area contributed by atoms with Crippen LogP contribution in [0.2, 0.25) is 5.02 Å². The number of Topliss-reactive ketones (excluding diaryl/α,β-unsaturated/α-hetero) is 1. The number of benzene rings is 1. The van der Waals surface area contributed by atoms with Crippen molar-refractivity contribution in [3.63, 3.8) is 0 Å². The highest BCUT2D eigenvalue weighted by atomic mass is 35.5. The highest BCUT2D eigenvalue weighted by Gasteiger charge is 2.44. The van der Waals surface area contributed by atoms with Gasteiger partial charge in [-0.05, 0) is 74.7 Å². The number of carbonyl (C=O) groups is 3. The van der Waals surface area contributed by atoms with Crippen LogP contribution in [-0.2, 0) is 37.4 Å². The Labute approximate surface area is 300 Å². The van der Waals surface area contributed by atoms with Gasteiger partial charge in [-0.1, -0.05) is 67.9 Å². The van der Waals surface area contributed by atoms with Crippen molar-refractivity contribution in [3.8, 4) is 0 Å². The molecule has 1 aromatic carbocycles. The topological polar surface area (TPSA) is 173 Å². The first-order valence-electron chi connectivity index (χ1n) is 18.0. The average Bonchev–Trinajstić information content (AvgIpc) is 3.77. The molecule has 1 aliphatic carbocycles. The number of ether oxygens (including phenoxy) is 1. The van der Waals surface area contributed by atoms with Gasteiger partial charge in [-0.15, -0.1) is 0 Å². The number of rotatable bonds is 16. The third-order valence-corrected chi connectivity index (χ3v) is 11.1. The predicted molar refractivity (Wildman–Crippen MR) is 188 cm³/mol. The van der Waals surface area contributed by atoms with Gasteiger partial charge in [0.15, 0.2) is 0 Å². The third-order valence-electron chi connectivity index (χ3n) is 10.1. The molecule has 13 nitrogen and oxygen atoms in total. The monoisotopic (exact) mass is 734 g/mol. The van der Waals surface area contributed by atoms with Gasteiger partial charge in [0.05, 0.1) is 25.0 Å². The number of ketones is 1. The number of carbonyl (C=O) groups excluding carboxylic acids is 3. The minimum atomic E-state index is -3.75. The molecular weight excluding hydrogens is 684 g/mol. The largest absolute Gasteiger partial charge is 0.372 e. The molecule has 2 aliphatic heterocycles. The summed E-state index contributed by atoms with van der Waals surface area (Å²) >= 11 is 6.05. The summed E-state index contributed by atoms with van der Waals surface area (Å²) in [6.07, 6.45) is 9.64. The van der Waals surface area contributed by atoms with E-state index in [0.29, 0.717) is 42.5 Å². The molecule has 276 valence electrons. The molecule has 3 N–H and O–H groups in total. The van der Waals surface area contributed by atoms with Crippen LogP contribution in [0.4, 0.5) is 0 Å². The van der Waals surface area contributed by atoms with Crippen LogP contribution in [0.15, 0.2) is 28.8 Å². The summed E-state index contributed by atoms with van der Waals surface area (Å²) in [5, 5.41) is 10.8. The number of hydrogen-bond acceptors (Lipinski definition) is 10. The molecule has 0 bridgehead atoms. The van der Waals surface area contributed by atoms with Crippen LogP contribution in [0.5, 0.6) is 0 Å². The molecule has 1 saturated carbocycles. The Kier molecular flexibility index (Phi) is 13.8. The van der Waals surface area contributed by atoms with Crippen molar-refractivity contribution < 1.29 is 32.1 Å². The lowest BCUT2D eigenvalue weighted by Gasteiger charge is -2.31. The van der Waals surface area contributed by atoms with E-state index >= 15 is 0 Å². The van der Waals surface area contributed by atoms with E-state index in [4.69, 9.17) is 20.9 Å². The smallest absolute Gasteiger partial charge is 0.243 e. The Morgan fingerprint density at radius 2 is 1.78 bits per heavy atom. The first-order valence-corrected chi connectivity index (χ1v) is 20.3. The molecule has 15 heteroatoms. The van der Waals surface area contributed by atoms with Crippen LogP contribution in [0.3, 0.4) is 0 Å². The summed E-state index contributed by atoms with van der Waals surface area (Å²) in [4.78, 5) is 48.0. The van der Waals surface area contributed by atoms with Crippen LogP contribution >= 0.6 is 11.6 Å². The van der Waals surface area contributed by atoms with Gasteiger partial charge in [0, 0.05) is 24.4 Å². The highest BCUT2D eigenvalue weighted by molar-refractivity contribution is 7.88. The quantitative estimate of drug-likeness (QED) is 0.215. The Morgan fingerprint density at radius 1 is 1.06 bits per heavy atom. The zero-order valence-corrected chi connectivity index (χ0v) is 30.6. The maximum Gasteiger partial charge on any atom is 0.243 e. The van der Waals surface area contributed by atoms with E-state index in [1.54, 1.807) is 12.1 Å². The van der Waals surface area contributed by atoms with Gasteiger partial charge in [-0.25, -0.2) is 13.1 Å². The summed E-state index contributed by atoms with van der Waals surface area (Å²) in [5.74, 6) is -0.558. The second-order valence-corrected chi connectivity index (χ2v) is 16.3. The summed E-state index contributed by atoms with van der Waals surface area (Å²) in [7, 11) is -3.75. The third kappa shape index (κ3) is 11.0. The van der Waals surface area contributed by atoms with Gasteiger partial charge in [-0.2, -0.15) is 4.98 Å². The van der Waals surface area contributed by atoms with E-state index in [1.807, 2.05) is 19.1 Å². The molecule has 50 heavy (non-hydrogen) atoms. The van der Waals surface area contributed by atoms with Crippen molar-refractivity contribution in [1.29, 1.82) is 0 Å². The Morgan fingerprint density at radius 3 is 2.44 bits per heavy atom.